The van der Waals surface area contributed by atoms with Crippen LogP contribution in [0.2, 0.25) is 0 Å². The van der Waals surface area contributed by atoms with E-state index in [-0.39, 0.29) is 6.61 Å². The fourth-order valence-electron chi connectivity index (χ4n) is 2.67. The van der Waals surface area contributed by atoms with Crippen molar-refractivity contribution in [3.05, 3.63) is 22.8 Å². The predicted octanol–water partition coefficient (Wildman–Crippen LogP) is 2.55. The molecule has 0 radical (unpaired) electrons. The van der Waals surface area contributed by atoms with Gasteiger partial charge >= 0.3 is 0 Å². The first-order valence-electron chi connectivity index (χ1n) is 6.54. The average Bonchev–Trinajstić information content (AvgIpc) is 2.39. The minimum absolute atomic E-state index is 0.00248. The van der Waals surface area contributed by atoms with Gasteiger partial charge in [0, 0.05) is 22.1 Å². The Morgan fingerprint density at radius 1 is 1.22 bits per heavy atom. The van der Waals surface area contributed by atoms with E-state index in [0.29, 0.717) is 5.75 Å². The zero-order valence-corrected chi connectivity index (χ0v) is 11.4. The molecule has 1 aliphatic rings. The molecule has 2 N–H and O–H groups in total. The highest BCUT2D eigenvalue weighted by Gasteiger charge is 2.29. The summed E-state index contributed by atoms with van der Waals surface area (Å²) in [6.45, 7) is 3.86. The van der Waals surface area contributed by atoms with Crippen molar-refractivity contribution in [2.45, 2.75) is 44.9 Å². The lowest BCUT2D eigenvalue weighted by molar-refractivity contribution is 0.214. The average molecular weight is 250 g/mol. The van der Waals surface area contributed by atoms with E-state index >= 15 is 0 Å². The van der Waals surface area contributed by atoms with Gasteiger partial charge in [0.2, 0.25) is 0 Å². The van der Waals surface area contributed by atoms with Gasteiger partial charge in [0.05, 0.1) is 13.7 Å². The second-order valence-electron chi connectivity index (χ2n) is 5.68. The smallest absolute Gasteiger partial charge is 0.123 e. The molecule has 0 amide bonds. The zero-order chi connectivity index (χ0) is 13.3. The minimum Gasteiger partial charge on any atom is -0.507 e. The molecule has 0 aliphatic heterocycles. The third-order valence-corrected chi connectivity index (χ3v) is 3.93. The third kappa shape index (κ3) is 2.07. The molecule has 0 spiro atoms. The van der Waals surface area contributed by atoms with Crippen LogP contribution < -0.4 is 4.74 Å². The number of phenols is 1. The second-order valence-corrected chi connectivity index (χ2v) is 5.68. The van der Waals surface area contributed by atoms with Crippen LogP contribution >= 0.6 is 0 Å². The predicted molar refractivity (Wildman–Crippen MR) is 71.4 cm³/mol. The lowest BCUT2D eigenvalue weighted by atomic mass is 9.80. The highest BCUT2D eigenvalue weighted by atomic mass is 16.5. The molecule has 2 rings (SSSR count). The standard InChI is InChI=1S/C15H22O3/c1-15(2,9-16)12-8-13(18-3)10-6-4-5-7-11(10)14(12)17/h8,16-17H,4-7,9H2,1-3H3. The molecule has 0 aromatic heterocycles. The summed E-state index contributed by atoms with van der Waals surface area (Å²) in [5.74, 6) is 1.20. The molecule has 100 valence electrons. The number of benzene rings is 1. The van der Waals surface area contributed by atoms with E-state index in [4.69, 9.17) is 4.74 Å². The fraction of sp³-hybridized carbons (Fsp3) is 0.600. The Labute approximate surface area is 108 Å². The van der Waals surface area contributed by atoms with Crippen molar-refractivity contribution < 1.29 is 14.9 Å². The molecule has 0 fully saturated rings. The van der Waals surface area contributed by atoms with E-state index < -0.39 is 5.41 Å². The molecule has 0 saturated carbocycles. The van der Waals surface area contributed by atoms with E-state index in [0.717, 1.165) is 48.1 Å². The van der Waals surface area contributed by atoms with Crippen molar-refractivity contribution in [3.8, 4) is 11.5 Å². The van der Waals surface area contributed by atoms with Crippen molar-refractivity contribution in [1.82, 2.24) is 0 Å². The Morgan fingerprint density at radius 3 is 2.39 bits per heavy atom. The number of rotatable bonds is 3. The molecule has 0 heterocycles. The summed E-state index contributed by atoms with van der Waals surface area (Å²) in [7, 11) is 1.66. The highest BCUT2D eigenvalue weighted by molar-refractivity contribution is 5.56. The van der Waals surface area contributed by atoms with Crippen LogP contribution in [0.15, 0.2) is 6.07 Å². The van der Waals surface area contributed by atoms with Gasteiger partial charge in [-0.3, -0.25) is 0 Å². The maximum Gasteiger partial charge on any atom is 0.123 e. The number of hydrogen-bond donors (Lipinski definition) is 2. The Bertz CT molecular complexity index is 450. The number of fused-ring (bicyclic) bond motifs is 1. The van der Waals surface area contributed by atoms with Crippen LogP contribution in [0, 0.1) is 0 Å². The summed E-state index contributed by atoms with van der Waals surface area (Å²) < 4.78 is 5.46. The van der Waals surface area contributed by atoms with E-state index in [2.05, 4.69) is 0 Å². The molecule has 1 aromatic rings. The Balaban J connectivity index is 2.62. The fourth-order valence-corrected chi connectivity index (χ4v) is 2.67. The molecule has 0 unspecified atom stereocenters. The van der Waals surface area contributed by atoms with Gasteiger partial charge in [-0.1, -0.05) is 13.8 Å². The van der Waals surface area contributed by atoms with Gasteiger partial charge < -0.3 is 14.9 Å². The van der Waals surface area contributed by atoms with Crippen LogP contribution in [-0.2, 0) is 18.3 Å². The molecular formula is C15H22O3. The molecule has 0 bridgehead atoms. The van der Waals surface area contributed by atoms with Crippen molar-refractivity contribution in [3.63, 3.8) is 0 Å². The number of aromatic hydroxyl groups is 1. The van der Waals surface area contributed by atoms with Gasteiger partial charge in [-0.25, -0.2) is 0 Å². The molecule has 1 aromatic carbocycles. The monoisotopic (exact) mass is 250 g/mol. The normalized spacial score (nSPS) is 15.3. The SMILES string of the molecule is COc1cc(C(C)(C)CO)c(O)c2c1CCCC2. The molecular weight excluding hydrogens is 228 g/mol. The van der Waals surface area contributed by atoms with Gasteiger partial charge in [0.1, 0.15) is 11.5 Å². The highest BCUT2D eigenvalue weighted by Crippen LogP contribution is 2.42. The number of aliphatic hydroxyl groups is 1. The third-order valence-electron chi connectivity index (χ3n) is 3.93. The van der Waals surface area contributed by atoms with Crippen LogP contribution in [0.5, 0.6) is 11.5 Å². The Kier molecular flexibility index (Phi) is 3.53. The van der Waals surface area contributed by atoms with Crippen molar-refractivity contribution in [1.29, 1.82) is 0 Å². The number of phenolic OH excluding ortho intramolecular Hbond substituents is 1. The van der Waals surface area contributed by atoms with Crippen LogP contribution in [0.3, 0.4) is 0 Å². The molecule has 1 aliphatic carbocycles. The topological polar surface area (TPSA) is 49.7 Å². The molecule has 0 saturated heterocycles. The molecule has 0 atom stereocenters. The van der Waals surface area contributed by atoms with Crippen molar-refractivity contribution >= 4 is 0 Å². The van der Waals surface area contributed by atoms with Gasteiger partial charge in [-0.15, -0.1) is 0 Å². The van der Waals surface area contributed by atoms with E-state index in [9.17, 15) is 10.2 Å². The van der Waals surface area contributed by atoms with Crippen LogP contribution in [-0.4, -0.2) is 23.9 Å². The first-order chi connectivity index (χ1) is 8.51. The van der Waals surface area contributed by atoms with Crippen LogP contribution in [0.1, 0.15) is 43.4 Å². The number of ether oxygens (including phenoxy) is 1. The quantitative estimate of drug-likeness (QED) is 0.866. The van der Waals surface area contributed by atoms with Crippen LogP contribution in [0.4, 0.5) is 0 Å². The van der Waals surface area contributed by atoms with Gasteiger partial charge in [-0.05, 0) is 31.7 Å². The molecule has 3 heteroatoms. The number of hydrogen-bond acceptors (Lipinski definition) is 3. The Hall–Kier alpha value is -1.22. The van der Waals surface area contributed by atoms with E-state index in [1.54, 1.807) is 7.11 Å². The van der Waals surface area contributed by atoms with Crippen molar-refractivity contribution in [2.24, 2.45) is 0 Å². The summed E-state index contributed by atoms with van der Waals surface area (Å²) in [6.07, 6.45) is 4.11. The Morgan fingerprint density at radius 2 is 1.83 bits per heavy atom. The summed E-state index contributed by atoms with van der Waals surface area (Å²) in [5.41, 5.74) is 2.47. The number of aliphatic hydroxyl groups excluding tert-OH is 1. The zero-order valence-electron chi connectivity index (χ0n) is 11.4. The lowest BCUT2D eigenvalue weighted by Gasteiger charge is -2.28. The summed E-state index contributed by atoms with van der Waals surface area (Å²) in [5, 5.41) is 19.9. The summed E-state index contributed by atoms with van der Waals surface area (Å²) in [4.78, 5) is 0. The largest absolute Gasteiger partial charge is 0.507 e. The summed E-state index contributed by atoms with van der Waals surface area (Å²) in [6, 6.07) is 1.88. The van der Waals surface area contributed by atoms with Gasteiger partial charge in [0.15, 0.2) is 0 Å². The maximum atomic E-state index is 10.5. The van der Waals surface area contributed by atoms with E-state index in [1.807, 2.05) is 19.9 Å². The van der Waals surface area contributed by atoms with Gasteiger partial charge in [-0.2, -0.15) is 0 Å². The molecule has 3 nitrogen and oxygen atoms in total. The minimum atomic E-state index is -0.455. The lowest BCUT2D eigenvalue weighted by Crippen LogP contribution is -2.23. The van der Waals surface area contributed by atoms with Crippen molar-refractivity contribution in [2.75, 3.05) is 13.7 Å². The van der Waals surface area contributed by atoms with E-state index in [1.165, 1.54) is 0 Å². The number of methoxy groups -OCH3 is 1. The first kappa shape index (κ1) is 13.2. The molecule has 18 heavy (non-hydrogen) atoms. The summed E-state index contributed by atoms with van der Waals surface area (Å²) >= 11 is 0. The van der Waals surface area contributed by atoms with Gasteiger partial charge in [0.25, 0.3) is 0 Å². The van der Waals surface area contributed by atoms with Crippen LogP contribution in [0.25, 0.3) is 0 Å². The maximum absolute atomic E-state index is 10.5. The first-order valence-corrected chi connectivity index (χ1v) is 6.54. The second kappa shape index (κ2) is 4.81.